The third-order valence-electron chi connectivity index (χ3n) is 6.23. The molecule has 1 aliphatic carbocycles. The summed E-state index contributed by atoms with van der Waals surface area (Å²) >= 11 is 0. The van der Waals surface area contributed by atoms with Crippen molar-refractivity contribution >= 4 is 11.6 Å². The number of nitrogens with zero attached hydrogens (tertiary/aromatic N) is 1. The molecular formula is C24H29N3O6. The van der Waals surface area contributed by atoms with Gasteiger partial charge in [0.2, 0.25) is 0 Å². The molecule has 2 N–H and O–H groups in total. The van der Waals surface area contributed by atoms with Crippen molar-refractivity contribution in [2.24, 2.45) is 5.41 Å². The molecule has 176 valence electrons. The maximum Gasteiger partial charge on any atom is 0.330 e. The predicted molar refractivity (Wildman–Crippen MR) is 123 cm³/mol. The number of carbonyl (C=O) groups excluding carboxylic acids is 1. The van der Waals surface area contributed by atoms with E-state index in [1.54, 1.807) is 39.5 Å². The Kier molecular flexibility index (Phi) is 5.92. The van der Waals surface area contributed by atoms with Gasteiger partial charge in [-0.2, -0.15) is 0 Å². The number of nitrogens with one attached hydrogen (secondary N) is 2. The number of Topliss-reactive ketones (excluding diaryl/α,β-unsaturated/α-hetero) is 1. The minimum absolute atomic E-state index is 0.0276. The molecule has 0 unspecified atom stereocenters. The molecule has 4 rings (SSSR count). The standard InChI is InChI=1S/C24H29N3O6/c1-24(2)11-16-19(17(28)12-24)18(13-8-14(32-4)10-15(9-13)33-5)20-21(25-16)27(6-7-31-3)23(30)26-22(20)29/h8-10,18,25H,6-7,11-12H2,1-5H3,(H,26,29,30)/t18-/m1/s1. The van der Waals surface area contributed by atoms with Gasteiger partial charge in [0.1, 0.15) is 17.3 Å². The first-order valence-corrected chi connectivity index (χ1v) is 10.8. The van der Waals surface area contributed by atoms with E-state index in [1.807, 2.05) is 13.8 Å². The van der Waals surface area contributed by atoms with Gasteiger partial charge >= 0.3 is 5.69 Å². The maximum absolute atomic E-state index is 13.4. The lowest BCUT2D eigenvalue weighted by Gasteiger charge is -2.39. The number of aromatic amines is 1. The van der Waals surface area contributed by atoms with Crippen molar-refractivity contribution in [3.8, 4) is 11.5 Å². The Bertz CT molecular complexity index is 1230. The molecule has 1 atom stereocenters. The second-order valence-electron chi connectivity index (χ2n) is 9.20. The number of aromatic nitrogens is 2. The fraction of sp³-hybridized carbons (Fsp3) is 0.458. The molecule has 1 aliphatic heterocycles. The summed E-state index contributed by atoms with van der Waals surface area (Å²) in [6.45, 7) is 4.60. The van der Waals surface area contributed by atoms with Gasteiger partial charge in [-0.05, 0) is 29.5 Å². The van der Waals surface area contributed by atoms with E-state index in [9.17, 15) is 14.4 Å². The number of carbonyl (C=O) groups is 1. The molecule has 33 heavy (non-hydrogen) atoms. The molecule has 0 spiro atoms. The number of ether oxygens (including phenoxy) is 3. The van der Waals surface area contributed by atoms with E-state index in [2.05, 4.69) is 10.3 Å². The second-order valence-corrected chi connectivity index (χ2v) is 9.20. The van der Waals surface area contributed by atoms with Crippen molar-refractivity contribution in [3.63, 3.8) is 0 Å². The number of methoxy groups -OCH3 is 3. The van der Waals surface area contributed by atoms with Crippen LogP contribution in [0.25, 0.3) is 0 Å². The highest BCUT2D eigenvalue weighted by Gasteiger charge is 2.43. The number of rotatable bonds is 6. The first-order chi connectivity index (χ1) is 15.7. The van der Waals surface area contributed by atoms with Crippen LogP contribution >= 0.6 is 0 Å². The van der Waals surface area contributed by atoms with Gasteiger partial charge in [-0.25, -0.2) is 4.79 Å². The Balaban J connectivity index is 2.04. The fourth-order valence-electron chi connectivity index (χ4n) is 4.78. The van der Waals surface area contributed by atoms with E-state index in [-0.39, 0.29) is 24.3 Å². The second kappa shape index (κ2) is 8.55. The summed E-state index contributed by atoms with van der Waals surface area (Å²) in [6, 6.07) is 5.32. The summed E-state index contributed by atoms with van der Waals surface area (Å²) in [5.41, 5.74) is 0.939. The highest BCUT2D eigenvalue weighted by Crippen LogP contribution is 2.48. The van der Waals surface area contributed by atoms with Crippen LogP contribution in [0.5, 0.6) is 11.5 Å². The van der Waals surface area contributed by atoms with Gasteiger partial charge in [-0.15, -0.1) is 0 Å². The number of fused-ring (bicyclic) bond motifs is 1. The molecule has 2 aromatic rings. The van der Waals surface area contributed by atoms with Gasteiger partial charge in [-0.3, -0.25) is 19.1 Å². The zero-order valence-electron chi connectivity index (χ0n) is 19.5. The number of H-pyrrole nitrogens is 1. The first kappa shape index (κ1) is 22.8. The highest BCUT2D eigenvalue weighted by molar-refractivity contribution is 6.01. The number of hydrogen-bond acceptors (Lipinski definition) is 7. The summed E-state index contributed by atoms with van der Waals surface area (Å²) in [4.78, 5) is 41.7. The number of hydrogen-bond donors (Lipinski definition) is 2. The van der Waals surface area contributed by atoms with Crippen LogP contribution in [-0.4, -0.2) is 43.3 Å². The Morgan fingerprint density at radius 3 is 2.30 bits per heavy atom. The average Bonchev–Trinajstić information content (AvgIpc) is 2.76. The lowest BCUT2D eigenvalue weighted by molar-refractivity contribution is -0.118. The van der Waals surface area contributed by atoms with E-state index >= 15 is 0 Å². The predicted octanol–water partition coefficient (Wildman–Crippen LogP) is 2.40. The van der Waals surface area contributed by atoms with Crippen LogP contribution in [0.15, 0.2) is 39.1 Å². The van der Waals surface area contributed by atoms with E-state index in [0.29, 0.717) is 46.9 Å². The summed E-state index contributed by atoms with van der Waals surface area (Å²) in [6.07, 6.45) is 0.970. The van der Waals surface area contributed by atoms with Crippen LogP contribution in [0, 0.1) is 5.41 Å². The Morgan fingerprint density at radius 1 is 1.03 bits per heavy atom. The van der Waals surface area contributed by atoms with Gasteiger partial charge in [0.15, 0.2) is 5.78 Å². The molecule has 2 heterocycles. The number of ketones is 1. The minimum atomic E-state index is -0.679. The molecule has 1 aromatic heterocycles. The highest BCUT2D eigenvalue weighted by atomic mass is 16.5. The van der Waals surface area contributed by atoms with Crippen LogP contribution in [-0.2, 0) is 16.1 Å². The van der Waals surface area contributed by atoms with Crippen LogP contribution in [0.2, 0.25) is 0 Å². The first-order valence-electron chi connectivity index (χ1n) is 10.8. The molecule has 0 saturated heterocycles. The van der Waals surface area contributed by atoms with Gasteiger partial charge in [0.05, 0.1) is 32.9 Å². The summed E-state index contributed by atoms with van der Waals surface area (Å²) in [5.74, 6) is 0.762. The van der Waals surface area contributed by atoms with Crippen molar-refractivity contribution in [2.75, 3.05) is 33.3 Å². The normalized spacial score (nSPS) is 18.9. The SMILES string of the molecule is COCCn1c2c(c(=O)[nH]c1=O)[C@H](c1cc(OC)cc(OC)c1)C1=C(CC(C)(C)CC1=O)N2. The number of benzene rings is 1. The number of allylic oxidation sites excluding steroid dienone is 2. The lowest BCUT2D eigenvalue weighted by Crippen LogP contribution is -2.42. The van der Waals surface area contributed by atoms with Crippen LogP contribution in [0.4, 0.5) is 5.82 Å². The Labute approximate surface area is 191 Å². The van der Waals surface area contributed by atoms with Crippen LogP contribution in [0.1, 0.15) is 43.7 Å². The van der Waals surface area contributed by atoms with Crippen molar-refractivity contribution in [1.29, 1.82) is 0 Å². The Hall–Kier alpha value is -3.33. The maximum atomic E-state index is 13.4. The molecule has 9 nitrogen and oxygen atoms in total. The van der Waals surface area contributed by atoms with Crippen LogP contribution < -0.4 is 26.0 Å². The zero-order valence-corrected chi connectivity index (χ0v) is 19.5. The molecule has 0 saturated carbocycles. The van der Waals surface area contributed by atoms with Crippen LogP contribution in [0.3, 0.4) is 0 Å². The van der Waals surface area contributed by atoms with E-state index in [1.165, 1.54) is 4.57 Å². The topological polar surface area (TPSA) is 112 Å². The molecule has 0 radical (unpaired) electrons. The van der Waals surface area contributed by atoms with Crippen molar-refractivity contribution in [3.05, 3.63) is 61.4 Å². The third kappa shape index (κ3) is 4.08. The molecule has 1 aromatic carbocycles. The summed E-state index contributed by atoms with van der Waals surface area (Å²) in [7, 11) is 4.64. The molecular weight excluding hydrogens is 426 g/mol. The van der Waals surface area contributed by atoms with Gasteiger partial charge in [0.25, 0.3) is 5.56 Å². The van der Waals surface area contributed by atoms with E-state index in [4.69, 9.17) is 14.2 Å². The molecule has 0 bridgehead atoms. The van der Waals surface area contributed by atoms with Gasteiger partial charge in [-0.1, -0.05) is 13.8 Å². The molecule has 0 fully saturated rings. The van der Waals surface area contributed by atoms with Gasteiger partial charge < -0.3 is 19.5 Å². The number of anilines is 1. The smallest absolute Gasteiger partial charge is 0.330 e. The van der Waals surface area contributed by atoms with Gasteiger partial charge in [0, 0.05) is 36.8 Å². The fourth-order valence-corrected chi connectivity index (χ4v) is 4.78. The average molecular weight is 456 g/mol. The molecule has 0 amide bonds. The van der Waals surface area contributed by atoms with E-state index < -0.39 is 17.2 Å². The monoisotopic (exact) mass is 455 g/mol. The summed E-state index contributed by atoms with van der Waals surface area (Å²) < 4.78 is 17.5. The third-order valence-corrected chi connectivity index (χ3v) is 6.23. The largest absolute Gasteiger partial charge is 0.497 e. The summed E-state index contributed by atoms with van der Waals surface area (Å²) in [5, 5.41) is 3.28. The van der Waals surface area contributed by atoms with Crippen molar-refractivity contribution < 1.29 is 19.0 Å². The minimum Gasteiger partial charge on any atom is -0.497 e. The van der Waals surface area contributed by atoms with E-state index in [0.717, 1.165) is 5.70 Å². The van der Waals surface area contributed by atoms with Crippen molar-refractivity contribution in [2.45, 2.75) is 39.2 Å². The zero-order chi connectivity index (χ0) is 23.9. The molecule has 2 aliphatic rings. The van der Waals surface area contributed by atoms with Crippen molar-refractivity contribution in [1.82, 2.24) is 9.55 Å². The molecule has 9 heteroatoms. The lowest BCUT2D eigenvalue weighted by atomic mass is 9.69. The Morgan fingerprint density at radius 2 is 1.70 bits per heavy atom. The quantitative estimate of drug-likeness (QED) is 0.688.